The second-order valence-electron chi connectivity index (χ2n) is 13.0. The monoisotopic (exact) mass is 730 g/mol. The van der Waals surface area contributed by atoms with Crippen LogP contribution in [0.1, 0.15) is 37.7 Å². The van der Waals surface area contributed by atoms with Crippen LogP contribution in [0.4, 0.5) is 11.4 Å². The molecule has 3 atom stereocenters. The molecule has 0 aliphatic carbocycles. The number of rotatable bonds is 12. The molecule has 2 aliphatic heterocycles. The van der Waals surface area contributed by atoms with Gasteiger partial charge in [0.05, 0.1) is 24.1 Å². The van der Waals surface area contributed by atoms with Crippen molar-refractivity contribution in [2.75, 3.05) is 54.9 Å². The van der Waals surface area contributed by atoms with Gasteiger partial charge < -0.3 is 28.6 Å². The van der Waals surface area contributed by atoms with Crippen LogP contribution in [0.25, 0.3) is 5.69 Å². The van der Waals surface area contributed by atoms with Gasteiger partial charge in [0.2, 0.25) is 5.79 Å². The van der Waals surface area contributed by atoms with E-state index >= 15 is 0 Å². The average molecular weight is 731 g/mol. The molecule has 7 rings (SSSR count). The van der Waals surface area contributed by atoms with Gasteiger partial charge >= 0.3 is 5.69 Å². The van der Waals surface area contributed by atoms with Crippen LogP contribution in [0.5, 0.6) is 5.75 Å². The summed E-state index contributed by atoms with van der Waals surface area (Å²) in [6.07, 6.45) is 2.20. The summed E-state index contributed by atoms with van der Waals surface area (Å²) >= 11 is 7.73. The van der Waals surface area contributed by atoms with Crippen molar-refractivity contribution in [3.8, 4) is 11.4 Å². The minimum atomic E-state index is -0.964. The number of hydrogen-bond acceptors (Lipinski definition) is 10. The van der Waals surface area contributed by atoms with Crippen LogP contribution in [0.2, 0.25) is 5.02 Å². The number of thioether (sulfide) groups is 1. The zero-order valence-corrected chi connectivity index (χ0v) is 30.9. The Morgan fingerprint density at radius 3 is 2.18 bits per heavy atom. The SMILES string of the molecule is CCC(C)n1ncn(-c2ccc(N3CCN(c4ccc(OCC5COC(CSc6nnc(C)n6C)(c6ccc(Cl)cc6)O5)cc4)CC3)cc2)c1=O. The van der Waals surface area contributed by atoms with Crippen molar-refractivity contribution in [3.05, 3.63) is 106 Å². The Kier molecular flexibility index (Phi) is 10.4. The van der Waals surface area contributed by atoms with Gasteiger partial charge in [0.1, 0.15) is 30.6 Å². The highest BCUT2D eigenvalue weighted by molar-refractivity contribution is 7.99. The summed E-state index contributed by atoms with van der Waals surface area (Å²) in [5.41, 5.74) is 3.90. The summed E-state index contributed by atoms with van der Waals surface area (Å²) in [7, 11) is 1.95. The van der Waals surface area contributed by atoms with Crippen molar-refractivity contribution < 1.29 is 14.2 Å². The van der Waals surface area contributed by atoms with E-state index in [1.165, 1.54) is 11.8 Å². The first-order valence-corrected chi connectivity index (χ1v) is 18.7. The Balaban J connectivity index is 0.917. The number of aromatic nitrogens is 6. The van der Waals surface area contributed by atoms with E-state index in [-0.39, 0.29) is 17.8 Å². The topological polar surface area (TPSA) is 105 Å². The largest absolute Gasteiger partial charge is 0.491 e. The minimum absolute atomic E-state index is 0.0676. The van der Waals surface area contributed by atoms with Crippen molar-refractivity contribution in [3.63, 3.8) is 0 Å². The molecule has 2 aliphatic rings. The van der Waals surface area contributed by atoms with Gasteiger partial charge in [-0.25, -0.2) is 14.0 Å². The van der Waals surface area contributed by atoms with Gasteiger partial charge in [0.25, 0.3) is 0 Å². The van der Waals surface area contributed by atoms with Crippen LogP contribution in [-0.2, 0) is 22.3 Å². The first-order chi connectivity index (χ1) is 24.7. The lowest BCUT2D eigenvalue weighted by Crippen LogP contribution is -2.46. The fourth-order valence-corrected chi connectivity index (χ4v) is 7.48. The molecule has 3 unspecified atom stereocenters. The molecule has 2 fully saturated rings. The molecule has 2 aromatic heterocycles. The van der Waals surface area contributed by atoms with Gasteiger partial charge in [-0.1, -0.05) is 42.4 Å². The first kappa shape index (κ1) is 35.1. The zero-order valence-electron chi connectivity index (χ0n) is 29.3. The van der Waals surface area contributed by atoms with E-state index in [1.807, 2.05) is 74.0 Å². The molecule has 2 saturated heterocycles. The van der Waals surface area contributed by atoms with E-state index in [2.05, 4.69) is 56.3 Å². The highest BCUT2D eigenvalue weighted by Crippen LogP contribution is 2.39. The number of aryl methyl sites for hydroxylation is 1. The molecule has 4 heterocycles. The van der Waals surface area contributed by atoms with Crippen molar-refractivity contribution in [2.24, 2.45) is 7.05 Å². The van der Waals surface area contributed by atoms with Crippen LogP contribution in [0, 0.1) is 6.92 Å². The van der Waals surface area contributed by atoms with Crippen LogP contribution in [0.15, 0.2) is 89.1 Å². The molecule has 12 nitrogen and oxygen atoms in total. The fraction of sp³-hybridized carbons (Fsp3) is 0.405. The maximum atomic E-state index is 12.8. The Labute approximate surface area is 306 Å². The van der Waals surface area contributed by atoms with Crippen LogP contribution in [0.3, 0.4) is 0 Å². The second kappa shape index (κ2) is 15.1. The number of nitrogens with zero attached hydrogens (tertiary/aromatic N) is 8. The third kappa shape index (κ3) is 7.52. The molecular weight excluding hydrogens is 688 g/mol. The van der Waals surface area contributed by atoms with Gasteiger partial charge in [0.15, 0.2) is 5.16 Å². The lowest BCUT2D eigenvalue weighted by Gasteiger charge is -2.37. The number of anilines is 2. The Hall–Kier alpha value is -4.30. The standard InChI is InChI=1S/C37H43ClN8O4S/c1-5-26(2)46-36(47)45(25-39-46)32-12-10-30(11-13-32)43-18-20-44(21-19-43)31-14-16-33(17-15-31)48-22-34-23-49-37(50-34,28-6-8-29(38)9-7-28)24-51-35-41-40-27(3)42(35)4/h6-17,25-26,34H,5,18-24H2,1-4H3. The number of halogens is 1. The predicted molar refractivity (Wildman–Crippen MR) is 200 cm³/mol. The summed E-state index contributed by atoms with van der Waals surface area (Å²) in [6, 6.07) is 24.0. The van der Waals surface area contributed by atoms with Crippen molar-refractivity contribution in [2.45, 2.75) is 50.3 Å². The van der Waals surface area contributed by atoms with E-state index in [0.29, 0.717) is 24.0 Å². The molecule has 0 saturated carbocycles. The van der Waals surface area contributed by atoms with Gasteiger partial charge in [-0.05, 0) is 80.9 Å². The third-order valence-electron chi connectivity index (χ3n) is 9.70. The molecule has 0 bridgehead atoms. The van der Waals surface area contributed by atoms with Crippen LogP contribution in [-0.4, -0.2) is 80.4 Å². The van der Waals surface area contributed by atoms with Crippen molar-refractivity contribution in [1.29, 1.82) is 0 Å². The fourth-order valence-electron chi connectivity index (χ4n) is 6.29. The Morgan fingerprint density at radius 2 is 1.57 bits per heavy atom. The molecule has 14 heteroatoms. The molecule has 3 aromatic carbocycles. The highest BCUT2D eigenvalue weighted by Gasteiger charge is 2.44. The Morgan fingerprint density at radius 1 is 0.941 bits per heavy atom. The number of ether oxygens (including phenoxy) is 3. The van der Waals surface area contributed by atoms with Crippen LogP contribution < -0.4 is 20.2 Å². The molecule has 268 valence electrons. The predicted octanol–water partition coefficient (Wildman–Crippen LogP) is 5.86. The molecule has 0 radical (unpaired) electrons. The van der Waals surface area contributed by atoms with E-state index in [4.69, 9.17) is 25.8 Å². The summed E-state index contributed by atoms with van der Waals surface area (Å²) in [4.78, 5) is 17.6. The van der Waals surface area contributed by atoms with Crippen molar-refractivity contribution in [1.82, 2.24) is 29.1 Å². The van der Waals surface area contributed by atoms with Gasteiger partial charge in [0, 0.05) is 55.2 Å². The molecule has 0 spiro atoms. The lowest BCUT2D eigenvalue weighted by atomic mass is 10.1. The smallest absolute Gasteiger partial charge is 0.350 e. The normalized spacial score (nSPS) is 19.8. The third-order valence-corrected chi connectivity index (χ3v) is 11.1. The summed E-state index contributed by atoms with van der Waals surface area (Å²) in [6.45, 7) is 10.3. The number of piperazine rings is 1. The van der Waals surface area contributed by atoms with E-state index in [9.17, 15) is 4.79 Å². The number of benzene rings is 3. The van der Waals surface area contributed by atoms with Gasteiger partial charge in [-0.15, -0.1) is 10.2 Å². The quantitative estimate of drug-likeness (QED) is 0.145. The Bertz CT molecular complexity index is 1970. The molecule has 0 amide bonds. The van der Waals surface area contributed by atoms with Gasteiger partial charge in [-0.2, -0.15) is 5.10 Å². The van der Waals surface area contributed by atoms with Gasteiger partial charge in [-0.3, -0.25) is 0 Å². The first-order valence-electron chi connectivity index (χ1n) is 17.3. The van der Waals surface area contributed by atoms with Crippen molar-refractivity contribution >= 4 is 34.7 Å². The van der Waals surface area contributed by atoms with E-state index in [0.717, 1.165) is 72.0 Å². The second-order valence-corrected chi connectivity index (χ2v) is 14.3. The summed E-state index contributed by atoms with van der Waals surface area (Å²) in [5, 5.41) is 14.2. The molecule has 51 heavy (non-hydrogen) atoms. The number of hydrogen-bond donors (Lipinski definition) is 0. The average Bonchev–Trinajstić information content (AvgIpc) is 3.86. The minimum Gasteiger partial charge on any atom is -0.491 e. The van der Waals surface area contributed by atoms with E-state index < -0.39 is 5.79 Å². The summed E-state index contributed by atoms with van der Waals surface area (Å²) in [5.74, 6) is 1.16. The maximum Gasteiger partial charge on any atom is 0.350 e. The molecule has 0 N–H and O–H groups in total. The lowest BCUT2D eigenvalue weighted by molar-refractivity contribution is -0.160. The molecular formula is C37H43ClN8O4S. The zero-order chi connectivity index (χ0) is 35.5. The summed E-state index contributed by atoms with van der Waals surface area (Å²) < 4.78 is 24.2. The van der Waals surface area contributed by atoms with Crippen LogP contribution >= 0.6 is 23.4 Å². The molecule has 5 aromatic rings. The highest BCUT2D eigenvalue weighted by atomic mass is 35.5. The maximum absolute atomic E-state index is 12.8. The van der Waals surface area contributed by atoms with E-state index in [1.54, 1.807) is 15.6 Å².